The third-order valence-corrected chi connectivity index (χ3v) is 10.3. The Balaban J connectivity index is 1.39. The van der Waals surface area contributed by atoms with Crippen LogP contribution in [0.3, 0.4) is 0 Å². The van der Waals surface area contributed by atoms with Gasteiger partial charge in [0.25, 0.3) is 0 Å². The topological polar surface area (TPSA) is 3.24 Å². The number of hydrogen-bond donors (Lipinski definition) is 0. The van der Waals surface area contributed by atoms with Crippen LogP contribution >= 0.6 is 0 Å². The molecule has 1 heterocycles. The molecule has 0 atom stereocenters. The van der Waals surface area contributed by atoms with Gasteiger partial charge in [0.1, 0.15) is 0 Å². The minimum absolute atomic E-state index is 0.477. The lowest BCUT2D eigenvalue weighted by Gasteiger charge is -2.47. The van der Waals surface area contributed by atoms with Crippen molar-refractivity contribution in [2.75, 3.05) is 4.90 Å². The molecule has 224 valence electrons. The van der Waals surface area contributed by atoms with Crippen LogP contribution in [0.2, 0.25) is 0 Å². The molecule has 1 spiro atoms. The highest BCUT2D eigenvalue weighted by molar-refractivity contribution is 5.92. The molecule has 2 aliphatic rings. The summed E-state index contributed by atoms with van der Waals surface area (Å²) < 4.78 is 0. The van der Waals surface area contributed by atoms with E-state index in [0.717, 1.165) is 12.8 Å². The van der Waals surface area contributed by atoms with Crippen molar-refractivity contribution in [3.8, 4) is 22.3 Å². The average Bonchev–Trinajstić information content (AvgIpc) is 3.28. The Kier molecular flexibility index (Phi) is 6.47. The molecule has 7 aromatic rings. The van der Waals surface area contributed by atoms with Gasteiger partial charge in [0, 0.05) is 5.69 Å². The number of anilines is 3. The zero-order valence-electron chi connectivity index (χ0n) is 26.5. The van der Waals surface area contributed by atoms with E-state index in [1.54, 1.807) is 0 Å². The number of benzene rings is 7. The molecule has 0 aromatic heterocycles. The minimum atomic E-state index is -0.477. The van der Waals surface area contributed by atoms with Crippen LogP contribution in [0.4, 0.5) is 17.1 Å². The Morgan fingerprint density at radius 3 is 1.45 bits per heavy atom. The van der Waals surface area contributed by atoms with Gasteiger partial charge >= 0.3 is 0 Å². The number of hydrogen-bond acceptors (Lipinski definition) is 1. The van der Waals surface area contributed by atoms with E-state index >= 15 is 0 Å². The summed E-state index contributed by atoms with van der Waals surface area (Å²) in [5.74, 6) is 0. The van der Waals surface area contributed by atoms with Crippen molar-refractivity contribution in [3.63, 3.8) is 0 Å². The summed E-state index contributed by atoms with van der Waals surface area (Å²) in [4.78, 5) is 2.52. The number of fused-ring (bicyclic) bond motifs is 8. The van der Waals surface area contributed by atoms with E-state index in [1.165, 1.54) is 78.3 Å². The van der Waals surface area contributed by atoms with Crippen LogP contribution in [0, 0.1) is 6.92 Å². The maximum absolute atomic E-state index is 2.52. The predicted molar refractivity (Wildman–Crippen MR) is 196 cm³/mol. The molecule has 0 saturated heterocycles. The molecule has 1 nitrogen and oxygen atoms in total. The lowest BCUT2D eigenvalue weighted by atomic mass is 9.61. The molecule has 1 aliphatic heterocycles. The maximum Gasteiger partial charge on any atom is 0.0747 e. The summed E-state index contributed by atoms with van der Waals surface area (Å²) in [6, 6.07) is 63.1. The fourth-order valence-electron chi connectivity index (χ4n) is 8.28. The predicted octanol–water partition coefficient (Wildman–Crippen LogP) is 11.6. The van der Waals surface area contributed by atoms with Crippen LogP contribution in [-0.2, 0) is 18.3 Å². The van der Waals surface area contributed by atoms with Crippen molar-refractivity contribution in [1.29, 1.82) is 0 Å². The molecule has 0 fully saturated rings. The quantitative estimate of drug-likeness (QED) is 0.195. The fraction of sp³-hybridized carbons (Fsp3) is 0.0870. The second-order valence-corrected chi connectivity index (χ2v) is 12.9. The van der Waals surface area contributed by atoms with E-state index in [9.17, 15) is 0 Å². The Hall–Kier alpha value is -5.66. The van der Waals surface area contributed by atoms with Gasteiger partial charge in [-0.3, -0.25) is 0 Å². The van der Waals surface area contributed by atoms with Gasteiger partial charge in [0.2, 0.25) is 0 Å². The number of nitrogens with zero attached hydrogens (tertiary/aromatic N) is 1. The van der Waals surface area contributed by atoms with Gasteiger partial charge < -0.3 is 4.90 Å². The molecular formula is C46H35N. The molecule has 0 saturated carbocycles. The number of rotatable bonds is 3. The Bertz CT molecular complexity index is 2220. The van der Waals surface area contributed by atoms with E-state index < -0.39 is 5.41 Å². The second kappa shape index (κ2) is 11.0. The minimum Gasteiger partial charge on any atom is -0.310 e. The van der Waals surface area contributed by atoms with Gasteiger partial charge in [-0.1, -0.05) is 140 Å². The van der Waals surface area contributed by atoms with Crippen molar-refractivity contribution in [2.24, 2.45) is 0 Å². The van der Waals surface area contributed by atoms with Crippen LogP contribution < -0.4 is 4.90 Å². The van der Waals surface area contributed by atoms with Gasteiger partial charge in [-0.05, 0) is 111 Å². The largest absolute Gasteiger partial charge is 0.310 e. The third kappa shape index (κ3) is 4.23. The van der Waals surface area contributed by atoms with Crippen molar-refractivity contribution in [2.45, 2.75) is 25.2 Å². The van der Waals surface area contributed by atoms with Gasteiger partial charge in [-0.15, -0.1) is 0 Å². The molecule has 47 heavy (non-hydrogen) atoms. The molecule has 1 heteroatoms. The Morgan fingerprint density at radius 1 is 0.383 bits per heavy atom. The lowest BCUT2D eigenvalue weighted by Crippen LogP contribution is -2.38. The molecule has 0 radical (unpaired) electrons. The first-order valence-corrected chi connectivity index (χ1v) is 16.7. The highest BCUT2D eigenvalue weighted by atomic mass is 15.2. The molecule has 1 aliphatic carbocycles. The number of aryl methyl sites for hydroxylation is 3. The van der Waals surface area contributed by atoms with Crippen molar-refractivity contribution in [1.82, 2.24) is 0 Å². The Labute approximate surface area is 277 Å². The van der Waals surface area contributed by atoms with E-state index in [2.05, 4.69) is 182 Å². The molecule has 0 amide bonds. The average molecular weight is 602 g/mol. The van der Waals surface area contributed by atoms with Gasteiger partial charge in [-0.25, -0.2) is 0 Å². The van der Waals surface area contributed by atoms with Crippen molar-refractivity contribution < 1.29 is 0 Å². The SMILES string of the molecule is Cc1cc(-c2ccccc2)ccc1N1c2ccccc2C2(c3ccccc3CCc3ccccc32)c2cc(-c3ccccc3)ccc21. The number of para-hydroxylation sites is 1. The lowest BCUT2D eigenvalue weighted by molar-refractivity contribution is 0.726. The van der Waals surface area contributed by atoms with E-state index in [-0.39, 0.29) is 0 Å². The summed E-state index contributed by atoms with van der Waals surface area (Å²) in [6.45, 7) is 2.25. The van der Waals surface area contributed by atoms with Crippen molar-refractivity contribution in [3.05, 3.63) is 209 Å². The van der Waals surface area contributed by atoms with Crippen LogP contribution in [0.15, 0.2) is 170 Å². The summed E-state index contributed by atoms with van der Waals surface area (Å²) in [5, 5.41) is 0. The third-order valence-electron chi connectivity index (χ3n) is 10.3. The zero-order valence-corrected chi connectivity index (χ0v) is 26.5. The van der Waals surface area contributed by atoms with E-state index in [1.807, 2.05) is 0 Å². The molecule has 7 aromatic carbocycles. The van der Waals surface area contributed by atoms with Gasteiger partial charge in [0.15, 0.2) is 0 Å². The monoisotopic (exact) mass is 601 g/mol. The van der Waals surface area contributed by atoms with Crippen molar-refractivity contribution >= 4 is 17.1 Å². The molecule has 0 N–H and O–H groups in total. The molecule has 0 bridgehead atoms. The van der Waals surface area contributed by atoms with Gasteiger partial charge in [-0.2, -0.15) is 0 Å². The standard InChI is InChI=1S/C46H35N/c1-32-30-37(33-14-4-2-5-15-33)26-28-43(32)47-44-23-13-12-22-41(44)46(42-31-38(27-29-45(42)47)34-16-6-3-7-17-34)39-20-10-8-18-35(39)24-25-36-19-9-11-21-40(36)46/h2-23,26-31H,24-25H2,1H3. The van der Waals surface area contributed by atoms with Crippen LogP contribution in [0.1, 0.15) is 38.9 Å². The first kappa shape index (κ1) is 27.6. The molecule has 9 rings (SSSR count). The zero-order chi connectivity index (χ0) is 31.4. The normalized spacial score (nSPS) is 14.0. The summed E-state index contributed by atoms with van der Waals surface area (Å²) >= 11 is 0. The second-order valence-electron chi connectivity index (χ2n) is 12.9. The maximum atomic E-state index is 2.52. The first-order chi connectivity index (χ1) is 23.2. The molecular weight excluding hydrogens is 567 g/mol. The van der Waals surface area contributed by atoms with E-state index in [0.29, 0.717) is 0 Å². The summed E-state index contributed by atoms with van der Waals surface area (Å²) in [6.07, 6.45) is 2.04. The molecule has 0 unspecified atom stereocenters. The van der Waals surface area contributed by atoms with Crippen LogP contribution in [0.5, 0.6) is 0 Å². The highest BCUT2D eigenvalue weighted by Gasteiger charge is 2.49. The van der Waals surface area contributed by atoms with Crippen LogP contribution in [-0.4, -0.2) is 0 Å². The Morgan fingerprint density at radius 2 is 0.851 bits per heavy atom. The highest BCUT2D eigenvalue weighted by Crippen LogP contribution is 2.60. The summed E-state index contributed by atoms with van der Waals surface area (Å²) in [7, 11) is 0. The van der Waals surface area contributed by atoms with Crippen LogP contribution in [0.25, 0.3) is 22.3 Å². The summed E-state index contributed by atoms with van der Waals surface area (Å²) in [5.41, 5.74) is 17.6. The van der Waals surface area contributed by atoms with Gasteiger partial charge in [0.05, 0.1) is 16.8 Å². The first-order valence-electron chi connectivity index (χ1n) is 16.7. The fourth-order valence-corrected chi connectivity index (χ4v) is 8.28. The van der Waals surface area contributed by atoms with E-state index in [4.69, 9.17) is 0 Å². The smallest absolute Gasteiger partial charge is 0.0747 e.